The van der Waals surface area contributed by atoms with Crippen molar-refractivity contribution in [1.29, 1.82) is 0 Å². The fourth-order valence-electron chi connectivity index (χ4n) is 6.67. The van der Waals surface area contributed by atoms with Gasteiger partial charge in [-0.15, -0.1) is 0 Å². The normalized spacial score (nSPS) is 21.7. The lowest BCUT2D eigenvalue weighted by Gasteiger charge is -2.36. The summed E-state index contributed by atoms with van der Waals surface area (Å²) >= 11 is 0. The van der Waals surface area contributed by atoms with Gasteiger partial charge in [0.05, 0.1) is 17.4 Å². The van der Waals surface area contributed by atoms with Crippen LogP contribution in [0, 0.1) is 0 Å². The molecule has 0 radical (unpaired) electrons. The molecule has 4 amide bonds. The number of amides is 4. The molecule has 3 atom stereocenters. The Hall–Kier alpha value is -4.43. The average molecular weight is 563 g/mol. The smallest absolute Gasteiger partial charge is 0.332 e. The van der Waals surface area contributed by atoms with Crippen LogP contribution in [0.5, 0.6) is 0 Å². The van der Waals surface area contributed by atoms with Crippen molar-refractivity contribution in [3.05, 3.63) is 101 Å². The van der Waals surface area contributed by atoms with Crippen LogP contribution in [-0.2, 0) is 16.0 Å². The van der Waals surface area contributed by atoms with Gasteiger partial charge in [0.1, 0.15) is 12.1 Å². The highest BCUT2D eigenvalue weighted by molar-refractivity contribution is 6.24. The summed E-state index contributed by atoms with van der Waals surface area (Å²) in [5.74, 6) is -0.280. The van der Waals surface area contributed by atoms with Crippen LogP contribution in [0.15, 0.2) is 72.8 Å². The molecule has 4 heterocycles. The van der Waals surface area contributed by atoms with Gasteiger partial charge < -0.3 is 15.0 Å². The predicted molar refractivity (Wildman–Crippen MR) is 161 cm³/mol. The van der Waals surface area contributed by atoms with Crippen LogP contribution in [0.2, 0.25) is 0 Å². The Bertz CT molecular complexity index is 1690. The zero-order valence-corrected chi connectivity index (χ0v) is 23.8. The van der Waals surface area contributed by atoms with E-state index in [-0.39, 0.29) is 17.9 Å². The molecule has 3 aliphatic heterocycles. The van der Waals surface area contributed by atoms with Gasteiger partial charge in [0.2, 0.25) is 0 Å². The Balaban J connectivity index is 1.28. The van der Waals surface area contributed by atoms with Gasteiger partial charge in [0.25, 0.3) is 11.8 Å². The fourth-order valence-corrected chi connectivity index (χ4v) is 6.67. The number of benzene rings is 3. The first kappa shape index (κ1) is 26.5. The van der Waals surface area contributed by atoms with Crippen LogP contribution in [0.3, 0.4) is 0 Å². The highest BCUT2D eigenvalue weighted by atomic mass is 16.5. The molecule has 0 bridgehead atoms. The standard InChI is InChI=1S/C34H34N4O4/c1-20(2)21-13-15-22(16-14-21)31-30-26(24-9-3-5-11-27(24)36-30)18-29-33(40)38(34(41)37(29)31)28-12-6-4-10-25(28)32(39)35-19-23-8-7-17-42-23/h3-6,9-16,20,23,29,31,36H,7-8,17-19H2,1-2H3,(H,35,39). The molecule has 214 valence electrons. The molecule has 2 fully saturated rings. The highest BCUT2D eigenvalue weighted by Gasteiger charge is 2.53. The van der Waals surface area contributed by atoms with E-state index >= 15 is 0 Å². The lowest BCUT2D eigenvalue weighted by molar-refractivity contribution is -0.120. The lowest BCUT2D eigenvalue weighted by atomic mass is 9.88. The number of urea groups is 1. The number of fused-ring (bicyclic) bond motifs is 4. The van der Waals surface area contributed by atoms with Gasteiger partial charge in [-0.3, -0.25) is 14.5 Å². The summed E-state index contributed by atoms with van der Waals surface area (Å²) < 4.78 is 5.65. The zero-order chi connectivity index (χ0) is 29.0. The van der Waals surface area contributed by atoms with Crippen molar-refractivity contribution < 1.29 is 19.1 Å². The zero-order valence-electron chi connectivity index (χ0n) is 23.8. The quantitative estimate of drug-likeness (QED) is 0.296. The van der Waals surface area contributed by atoms with Crippen LogP contribution in [0.1, 0.15) is 71.4 Å². The third-order valence-corrected chi connectivity index (χ3v) is 8.87. The molecule has 2 N–H and O–H groups in total. The first-order valence-electron chi connectivity index (χ1n) is 14.8. The number of imide groups is 1. The van der Waals surface area contributed by atoms with Crippen molar-refractivity contribution in [2.24, 2.45) is 0 Å². The minimum atomic E-state index is -0.693. The molecule has 3 aromatic carbocycles. The van der Waals surface area contributed by atoms with Gasteiger partial charge in [-0.2, -0.15) is 0 Å². The number of aromatic nitrogens is 1. The van der Waals surface area contributed by atoms with Gasteiger partial charge in [-0.1, -0.05) is 68.4 Å². The predicted octanol–water partition coefficient (Wildman–Crippen LogP) is 5.68. The van der Waals surface area contributed by atoms with Crippen molar-refractivity contribution >= 4 is 34.4 Å². The summed E-state index contributed by atoms with van der Waals surface area (Å²) in [7, 11) is 0. The van der Waals surface area contributed by atoms with E-state index in [1.54, 1.807) is 29.2 Å². The van der Waals surface area contributed by atoms with Gasteiger partial charge in [0.15, 0.2) is 0 Å². The van der Waals surface area contributed by atoms with Gasteiger partial charge in [0, 0.05) is 36.2 Å². The molecular weight excluding hydrogens is 528 g/mol. The first-order chi connectivity index (χ1) is 20.4. The molecular formula is C34H34N4O4. The highest BCUT2D eigenvalue weighted by Crippen LogP contribution is 2.45. The maximum Gasteiger partial charge on any atom is 0.332 e. The van der Waals surface area contributed by atoms with Crippen molar-refractivity contribution in [1.82, 2.24) is 15.2 Å². The van der Waals surface area contributed by atoms with E-state index in [1.165, 1.54) is 10.5 Å². The third-order valence-electron chi connectivity index (χ3n) is 8.87. The largest absolute Gasteiger partial charge is 0.376 e. The van der Waals surface area contributed by atoms with Crippen LogP contribution < -0.4 is 10.2 Å². The maximum atomic E-state index is 14.3. The Labute approximate surface area is 244 Å². The number of nitrogens with zero attached hydrogens (tertiary/aromatic N) is 2. The number of aromatic amines is 1. The fraction of sp³-hybridized carbons (Fsp3) is 0.324. The molecule has 0 aliphatic carbocycles. The molecule has 3 aliphatic rings. The Kier molecular flexibility index (Phi) is 6.58. The van der Waals surface area contributed by atoms with Gasteiger partial charge >= 0.3 is 6.03 Å². The molecule has 7 rings (SSSR count). The SMILES string of the molecule is CC(C)c1ccc(C2c3[nH]c4ccccc4c3CC3C(=O)N(c4ccccc4C(=O)NCC4CCCO4)C(=O)N32)cc1. The number of hydrogen-bond donors (Lipinski definition) is 2. The number of rotatable bonds is 6. The Morgan fingerprint density at radius 2 is 1.79 bits per heavy atom. The molecule has 4 aromatic rings. The number of H-pyrrole nitrogens is 1. The summed E-state index contributed by atoms with van der Waals surface area (Å²) in [6.07, 6.45) is 2.26. The van der Waals surface area contributed by atoms with E-state index in [4.69, 9.17) is 4.74 Å². The Morgan fingerprint density at radius 1 is 1.02 bits per heavy atom. The van der Waals surface area contributed by atoms with Crippen molar-refractivity contribution in [2.45, 2.75) is 57.2 Å². The molecule has 0 spiro atoms. The van der Waals surface area contributed by atoms with E-state index in [0.717, 1.165) is 40.6 Å². The van der Waals surface area contributed by atoms with E-state index in [1.807, 2.05) is 18.2 Å². The first-order valence-corrected chi connectivity index (χ1v) is 14.8. The molecule has 8 heteroatoms. The number of nitrogens with one attached hydrogen (secondary N) is 2. The number of carbonyl (C=O) groups excluding carboxylic acids is 3. The summed E-state index contributed by atoms with van der Waals surface area (Å²) in [5.41, 5.74) is 5.69. The van der Waals surface area contributed by atoms with E-state index in [0.29, 0.717) is 36.7 Å². The van der Waals surface area contributed by atoms with E-state index < -0.39 is 18.1 Å². The number of ether oxygens (including phenoxy) is 1. The van der Waals surface area contributed by atoms with Gasteiger partial charge in [-0.25, -0.2) is 9.69 Å². The topological polar surface area (TPSA) is 94.7 Å². The summed E-state index contributed by atoms with van der Waals surface area (Å²) in [6.45, 7) is 5.39. The summed E-state index contributed by atoms with van der Waals surface area (Å²) in [5, 5.41) is 4.00. The second-order valence-electron chi connectivity index (χ2n) is 11.7. The van der Waals surface area contributed by atoms with Crippen molar-refractivity contribution in [3.63, 3.8) is 0 Å². The van der Waals surface area contributed by atoms with Gasteiger partial charge in [-0.05, 0) is 53.6 Å². The average Bonchev–Trinajstić information content (AvgIpc) is 3.72. The number of para-hydroxylation sites is 2. The van der Waals surface area contributed by atoms with Crippen LogP contribution in [0.25, 0.3) is 10.9 Å². The van der Waals surface area contributed by atoms with Crippen LogP contribution >= 0.6 is 0 Å². The number of hydrogen-bond acceptors (Lipinski definition) is 4. The third kappa shape index (κ3) is 4.29. The molecule has 3 unspecified atom stereocenters. The summed E-state index contributed by atoms with van der Waals surface area (Å²) in [4.78, 5) is 48.3. The molecule has 8 nitrogen and oxygen atoms in total. The van der Waals surface area contributed by atoms with Crippen LogP contribution in [-0.4, -0.2) is 53.0 Å². The number of anilines is 1. The number of carbonyl (C=O) groups is 3. The van der Waals surface area contributed by atoms with Crippen molar-refractivity contribution in [3.8, 4) is 0 Å². The Morgan fingerprint density at radius 3 is 2.55 bits per heavy atom. The van der Waals surface area contributed by atoms with E-state index in [2.05, 4.69) is 54.5 Å². The monoisotopic (exact) mass is 562 g/mol. The minimum absolute atomic E-state index is 0.0168. The summed E-state index contributed by atoms with van der Waals surface area (Å²) in [6, 6.07) is 21.6. The molecule has 2 saturated heterocycles. The van der Waals surface area contributed by atoms with Crippen molar-refractivity contribution in [2.75, 3.05) is 18.1 Å². The molecule has 42 heavy (non-hydrogen) atoms. The second kappa shape index (κ2) is 10.4. The molecule has 1 aromatic heterocycles. The maximum absolute atomic E-state index is 14.3. The lowest BCUT2D eigenvalue weighted by Crippen LogP contribution is -2.44. The second-order valence-corrected chi connectivity index (χ2v) is 11.7. The van der Waals surface area contributed by atoms with Crippen LogP contribution in [0.4, 0.5) is 10.5 Å². The molecule has 0 saturated carbocycles. The minimum Gasteiger partial charge on any atom is -0.376 e. The van der Waals surface area contributed by atoms with E-state index in [9.17, 15) is 14.4 Å².